The minimum absolute atomic E-state index is 0.00151. The van der Waals surface area contributed by atoms with Gasteiger partial charge in [0, 0.05) is 6.54 Å². The van der Waals surface area contributed by atoms with Crippen molar-refractivity contribution in [2.24, 2.45) is 0 Å². The van der Waals surface area contributed by atoms with Gasteiger partial charge in [-0.05, 0) is 66.9 Å². The molecule has 184 valence electrons. The maximum absolute atomic E-state index is 13.6. The van der Waals surface area contributed by atoms with Gasteiger partial charge in [-0.3, -0.25) is 4.31 Å². The largest absolute Gasteiger partial charge is 0.497 e. The minimum Gasteiger partial charge on any atom is -0.497 e. The first-order valence-electron chi connectivity index (χ1n) is 11.2. The number of nitrogens with zero attached hydrogens (tertiary/aromatic N) is 1. The zero-order valence-corrected chi connectivity index (χ0v) is 20.4. The van der Waals surface area contributed by atoms with E-state index in [0.717, 1.165) is 12.0 Å². The molecule has 4 rings (SSSR count). The third kappa shape index (κ3) is 5.35. The summed E-state index contributed by atoms with van der Waals surface area (Å²) in [6, 6.07) is 18.7. The van der Waals surface area contributed by atoms with Crippen molar-refractivity contribution in [1.82, 2.24) is 0 Å². The molecule has 0 amide bonds. The Morgan fingerprint density at radius 3 is 2.40 bits per heavy atom. The Balaban J connectivity index is 1.48. The van der Waals surface area contributed by atoms with Gasteiger partial charge >= 0.3 is 5.97 Å². The molecule has 0 N–H and O–H groups in total. The first kappa shape index (κ1) is 24.4. The molecule has 3 aromatic rings. The molecule has 35 heavy (non-hydrogen) atoms. The first-order valence-corrected chi connectivity index (χ1v) is 12.6. The summed E-state index contributed by atoms with van der Waals surface area (Å²) in [5.74, 6) is 0.831. The number of anilines is 1. The molecule has 9 heteroatoms. The average Bonchev–Trinajstić information content (AvgIpc) is 2.90. The van der Waals surface area contributed by atoms with E-state index in [2.05, 4.69) is 0 Å². The number of hydrogen-bond acceptors (Lipinski definition) is 7. The maximum Gasteiger partial charge on any atom is 0.338 e. The summed E-state index contributed by atoms with van der Waals surface area (Å²) < 4.78 is 49.9. The molecule has 1 aliphatic heterocycles. The van der Waals surface area contributed by atoms with Crippen molar-refractivity contribution in [3.63, 3.8) is 0 Å². The fourth-order valence-corrected chi connectivity index (χ4v) is 5.65. The van der Waals surface area contributed by atoms with Crippen LogP contribution in [0.4, 0.5) is 5.69 Å². The second-order valence-electron chi connectivity index (χ2n) is 7.83. The minimum atomic E-state index is -3.98. The number of aryl methyl sites for hydroxylation is 1. The monoisotopic (exact) mass is 497 g/mol. The molecule has 0 atom stereocenters. The molecule has 0 fully saturated rings. The molecular formula is C26H27NO7S. The number of carbonyl (C=O) groups excluding carboxylic acids is 1. The lowest BCUT2D eigenvalue weighted by Gasteiger charge is -2.30. The molecule has 8 nitrogen and oxygen atoms in total. The Hall–Kier alpha value is -3.72. The molecule has 1 aliphatic rings. The highest BCUT2D eigenvalue weighted by Gasteiger charge is 2.32. The number of ether oxygens (including phenoxy) is 4. The van der Waals surface area contributed by atoms with Gasteiger partial charge in [-0.25, -0.2) is 13.2 Å². The fraction of sp³-hybridized carbons (Fsp3) is 0.269. The molecule has 0 bridgehead atoms. The zero-order chi connectivity index (χ0) is 24.8. The smallest absolute Gasteiger partial charge is 0.338 e. The molecule has 0 radical (unpaired) electrons. The number of rotatable bonds is 9. The van der Waals surface area contributed by atoms with Crippen LogP contribution in [0.1, 0.15) is 22.3 Å². The van der Waals surface area contributed by atoms with E-state index < -0.39 is 16.0 Å². The van der Waals surface area contributed by atoms with Crippen LogP contribution in [0.15, 0.2) is 71.6 Å². The lowest BCUT2D eigenvalue weighted by molar-refractivity contribution is 0.0450. The summed E-state index contributed by atoms with van der Waals surface area (Å²) >= 11 is 0. The van der Waals surface area contributed by atoms with Gasteiger partial charge in [0.15, 0.2) is 0 Å². The van der Waals surface area contributed by atoms with E-state index in [1.165, 1.54) is 29.6 Å². The van der Waals surface area contributed by atoms with Crippen LogP contribution in [-0.4, -0.2) is 48.4 Å². The summed E-state index contributed by atoms with van der Waals surface area (Å²) in [5, 5.41) is 0. The van der Waals surface area contributed by atoms with Crippen molar-refractivity contribution < 1.29 is 32.2 Å². The van der Waals surface area contributed by atoms with Crippen LogP contribution in [0.3, 0.4) is 0 Å². The summed E-state index contributed by atoms with van der Waals surface area (Å²) in [7, 11) is -1.000. The van der Waals surface area contributed by atoms with Crippen LogP contribution < -0.4 is 18.5 Å². The van der Waals surface area contributed by atoms with Gasteiger partial charge < -0.3 is 18.9 Å². The van der Waals surface area contributed by atoms with Crippen molar-refractivity contribution in [3.8, 4) is 17.2 Å². The molecule has 0 saturated carbocycles. The third-order valence-electron chi connectivity index (χ3n) is 5.68. The number of benzene rings is 3. The van der Waals surface area contributed by atoms with Gasteiger partial charge in [-0.15, -0.1) is 0 Å². The van der Waals surface area contributed by atoms with Crippen LogP contribution in [0.5, 0.6) is 17.2 Å². The summed E-state index contributed by atoms with van der Waals surface area (Å²) in [4.78, 5) is 12.6. The molecule has 0 spiro atoms. The van der Waals surface area contributed by atoms with E-state index in [-0.39, 0.29) is 29.4 Å². The average molecular weight is 498 g/mol. The van der Waals surface area contributed by atoms with Gasteiger partial charge in [0.05, 0.1) is 25.5 Å². The SMILES string of the molecule is COc1ccc(OCCOC(=O)c2ccc(OC)c(S(=O)(=O)N3CCCc4ccccc43)c2)cc1. The molecule has 0 saturated heterocycles. The fourth-order valence-electron chi connectivity index (χ4n) is 3.92. The van der Waals surface area contributed by atoms with Gasteiger partial charge in [-0.2, -0.15) is 0 Å². The van der Waals surface area contributed by atoms with Crippen molar-refractivity contribution in [2.45, 2.75) is 17.7 Å². The van der Waals surface area contributed by atoms with E-state index in [1.807, 2.05) is 18.2 Å². The number of fused-ring (bicyclic) bond motifs is 1. The van der Waals surface area contributed by atoms with E-state index in [0.29, 0.717) is 30.2 Å². The summed E-state index contributed by atoms with van der Waals surface area (Å²) in [5.41, 5.74) is 1.72. The van der Waals surface area contributed by atoms with Crippen molar-refractivity contribution in [3.05, 3.63) is 77.9 Å². The van der Waals surface area contributed by atoms with Gasteiger partial charge in [-0.1, -0.05) is 18.2 Å². The number of sulfonamides is 1. The van der Waals surface area contributed by atoms with Crippen LogP contribution in [-0.2, 0) is 21.2 Å². The molecule has 1 heterocycles. The van der Waals surface area contributed by atoms with Crippen LogP contribution in [0, 0.1) is 0 Å². The van der Waals surface area contributed by atoms with E-state index >= 15 is 0 Å². The number of hydrogen-bond donors (Lipinski definition) is 0. The van der Waals surface area contributed by atoms with Crippen LogP contribution in [0.25, 0.3) is 0 Å². The molecule has 0 unspecified atom stereocenters. The predicted octanol–water partition coefficient (Wildman–Crippen LogP) is 4.08. The number of carbonyl (C=O) groups is 1. The van der Waals surface area contributed by atoms with E-state index in [9.17, 15) is 13.2 Å². The lowest BCUT2D eigenvalue weighted by atomic mass is 10.0. The number of para-hydroxylation sites is 1. The number of esters is 1. The van der Waals surface area contributed by atoms with Gasteiger partial charge in [0.1, 0.15) is 35.4 Å². The Morgan fingerprint density at radius 2 is 1.66 bits per heavy atom. The van der Waals surface area contributed by atoms with E-state index in [4.69, 9.17) is 18.9 Å². The maximum atomic E-state index is 13.6. The summed E-state index contributed by atoms with van der Waals surface area (Å²) in [6.45, 7) is 0.488. The van der Waals surface area contributed by atoms with Crippen LogP contribution >= 0.6 is 0 Å². The Bertz CT molecular complexity index is 1290. The van der Waals surface area contributed by atoms with Crippen molar-refractivity contribution in [2.75, 3.05) is 38.3 Å². The molecular weight excluding hydrogens is 470 g/mol. The third-order valence-corrected chi connectivity index (χ3v) is 7.51. The molecule has 0 aromatic heterocycles. The first-order chi connectivity index (χ1) is 16.9. The lowest BCUT2D eigenvalue weighted by Crippen LogP contribution is -2.35. The highest BCUT2D eigenvalue weighted by molar-refractivity contribution is 7.93. The molecule has 3 aromatic carbocycles. The van der Waals surface area contributed by atoms with Gasteiger partial charge in [0.25, 0.3) is 10.0 Å². The Morgan fingerprint density at radius 1 is 0.914 bits per heavy atom. The van der Waals surface area contributed by atoms with Gasteiger partial charge in [0.2, 0.25) is 0 Å². The van der Waals surface area contributed by atoms with Crippen LogP contribution in [0.2, 0.25) is 0 Å². The zero-order valence-electron chi connectivity index (χ0n) is 19.6. The Labute approximate surface area is 205 Å². The number of methoxy groups -OCH3 is 2. The highest BCUT2D eigenvalue weighted by atomic mass is 32.2. The second kappa shape index (κ2) is 10.7. The van der Waals surface area contributed by atoms with E-state index in [1.54, 1.807) is 37.4 Å². The predicted molar refractivity (Wildman–Crippen MR) is 131 cm³/mol. The second-order valence-corrected chi connectivity index (χ2v) is 9.67. The van der Waals surface area contributed by atoms with Crippen molar-refractivity contribution >= 4 is 21.7 Å². The topological polar surface area (TPSA) is 91.4 Å². The van der Waals surface area contributed by atoms with Crippen molar-refractivity contribution in [1.29, 1.82) is 0 Å². The Kier molecular flexibility index (Phi) is 7.45. The standard InChI is InChI=1S/C26H27NO7S/c1-31-21-10-12-22(13-11-21)33-16-17-34-26(28)20-9-14-24(32-2)25(18-20)35(29,30)27-15-5-7-19-6-3-4-8-23(19)27/h3-4,6,8-14,18H,5,7,15-17H2,1-2H3. The summed E-state index contributed by atoms with van der Waals surface area (Å²) in [6.07, 6.45) is 1.51. The quantitative estimate of drug-likeness (QED) is 0.325. The molecule has 0 aliphatic carbocycles. The normalized spacial score (nSPS) is 13.0. The highest BCUT2D eigenvalue weighted by Crippen LogP contribution is 2.35.